The van der Waals surface area contributed by atoms with E-state index in [9.17, 15) is 19.5 Å². The maximum absolute atomic E-state index is 12.9. The summed E-state index contributed by atoms with van der Waals surface area (Å²) < 4.78 is 5.20. The first-order valence-electron chi connectivity index (χ1n) is 8.70. The predicted octanol–water partition coefficient (Wildman–Crippen LogP) is 2.40. The van der Waals surface area contributed by atoms with Gasteiger partial charge in [-0.3, -0.25) is 4.79 Å². The molecule has 1 aliphatic heterocycles. The Labute approximate surface area is 153 Å². The molecule has 2 rings (SSSR count). The van der Waals surface area contributed by atoms with Gasteiger partial charge < -0.3 is 20.1 Å². The number of hydrogen-bond acceptors (Lipinski definition) is 4. The third-order valence-electron chi connectivity index (χ3n) is 4.41. The summed E-state index contributed by atoms with van der Waals surface area (Å²) in [7, 11) is 0. The van der Waals surface area contributed by atoms with Crippen molar-refractivity contribution in [2.45, 2.75) is 52.3 Å². The number of benzene rings is 1. The molecule has 0 saturated carbocycles. The molecule has 1 saturated heterocycles. The molecule has 1 aliphatic rings. The highest BCUT2D eigenvalue weighted by molar-refractivity contribution is 5.90. The normalized spacial score (nSPS) is 18.3. The SMILES string of the molecule is CC(C)(C)C(NC(=O)OCc1ccccc1)C(=O)N1CCC[C@H]1C(=O)O. The van der Waals surface area contributed by atoms with Gasteiger partial charge in [-0.2, -0.15) is 0 Å². The lowest BCUT2D eigenvalue weighted by Crippen LogP contribution is -2.56. The van der Waals surface area contributed by atoms with E-state index in [4.69, 9.17) is 4.74 Å². The Bertz CT molecular complexity index is 654. The van der Waals surface area contributed by atoms with E-state index in [1.807, 2.05) is 51.1 Å². The Morgan fingerprint density at radius 2 is 1.92 bits per heavy atom. The van der Waals surface area contributed by atoms with Crippen molar-refractivity contribution in [3.05, 3.63) is 35.9 Å². The van der Waals surface area contributed by atoms with Crippen molar-refractivity contribution < 1.29 is 24.2 Å². The lowest BCUT2D eigenvalue weighted by molar-refractivity contribution is -0.150. The fraction of sp³-hybridized carbons (Fsp3) is 0.526. The van der Waals surface area contributed by atoms with Crippen molar-refractivity contribution in [2.75, 3.05) is 6.54 Å². The Hall–Kier alpha value is -2.57. The van der Waals surface area contributed by atoms with Gasteiger partial charge in [0, 0.05) is 6.54 Å². The average molecular weight is 362 g/mol. The number of hydrogen-bond donors (Lipinski definition) is 2. The first-order chi connectivity index (χ1) is 12.2. The minimum atomic E-state index is -1.02. The van der Waals surface area contributed by atoms with Crippen molar-refractivity contribution >= 4 is 18.0 Å². The van der Waals surface area contributed by atoms with Crippen LogP contribution in [-0.2, 0) is 20.9 Å². The molecule has 26 heavy (non-hydrogen) atoms. The summed E-state index contributed by atoms with van der Waals surface area (Å²) >= 11 is 0. The van der Waals surface area contributed by atoms with Crippen molar-refractivity contribution in [3.8, 4) is 0 Å². The first kappa shape index (κ1) is 19.8. The summed E-state index contributed by atoms with van der Waals surface area (Å²) in [6.07, 6.45) is 0.363. The van der Waals surface area contributed by atoms with E-state index in [0.29, 0.717) is 19.4 Å². The van der Waals surface area contributed by atoms with Gasteiger partial charge in [-0.15, -0.1) is 0 Å². The molecule has 142 valence electrons. The van der Waals surface area contributed by atoms with Crippen LogP contribution in [0.3, 0.4) is 0 Å². The van der Waals surface area contributed by atoms with Crippen LogP contribution < -0.4 is 5.32 Å². The smallest absolute Gasteiger partial charge is 0.408 e. The summed E-state index contributed by atoms with van der Waals surface area (Å²) in [5.74, 6) is -1.41. The molecule has 1 fully saturated rings. The second kappa shape index (κ2) is 8.21. The quantitative estimate of drug-likeness (QED) is 0.838. The predicted molar refractivity (Wildman–Crippen MR) is 95.4 cm³/mol. The van der Waals surface area contributed by atoms with Gasteiger partial charge in [-0.1, -0.05) is 51.1 Å². The van der Waals surface area contributed by atoms with Crippen molar-refractivity contribution in [1.82, 2.24) is 10.2 Å². The van der Waals surface area contributed by atoms with Gasteiger partial charge in [0.25, 0.3) is 0 Å². The monoisotopic (exact) mass is 362 g/mol. The second-order valence-corrected chi connectivity index (χ2v) is 7.53. The van der Waals surface area contributed by atoms with Gasteiger partial charge in [-0.05, 0) is 23.8 Å². The minimum absolute atomic E-state index is 0.0964. The summed E-state index contributed by atoms with van der Waals surface area (Å²) in [5.41, 5.74) is 0.251. The molecular formula is C19H26N2O5. The highest BCUT2D eigenvalue weighted by Gasteiger charge is 2.42. The fourth-order valence-corrected chi connectivity index (χ4v) is 2.98. The fourth-order valence-electron chi connectivity index (χ4n) is 2.98. The van der Waals surface area contributed by atoms with Crippen LogP contribution in [0.2, 0.25) is 0 Å². The van der Waals surface area contributed by atoms with Crippen molar-refractivity contribution in [2.24, 2.45) is 5.41 Å². The number of nitrogens with zero attached hydrogens (tertiary/aromatic N) is 1. The number of alkyl carbamates (subject to hydrolysis) is 1. The van der Waals surface area contributed by atoms with Crippen LogP contribution in [0.4, 0.5) is 4.79 Å². The molecule has 2 atom stereocenters. The third-order valence-corrected chi connectivity index (χ3v) is 4.41. The number of carboxylic acid groups (broad SMARTS) is 1. The van der Waals surface area contributed by atoms with E-state index in [-0.39, 0.29) is 12.5 Å². The maximum atomic E-state index is 12.9. The van der Waals surface area contributed by atoms with Gasteiger partial charge in [0.15, 0.2) is 0 Å². The Balaban J connectivity index is 2.04. The number of nitrogens with one attached hydrogen (secondary N) is 1. The van der Waals surface area contributed by atoms with E-state index in [1.165, 1.54) is 4.90 Å². The van der Waals surface area contributed by atoms with Gasteiger partial charge in [-0.25, -0.2) is 9.59 Å². The third kappa shape index (κ3) is 4.97. The molecule has 0 aliphatic carbocycles. The minimum Gasteiger partial charge on any atom is -0.480 e. The summed E-state index contributed by atoms with van der Waals surface area (Å²) in [6, 6.07) is 7.52. The zero-order chi connectivity index (χ0) is 19.3. The number of amides is 2. The number of carboxylic acids is 1. The second-order valence-electron chi connectivity index (χ2n) is 7.53. The number of likely N-dealkylation sites (tertiary alicyclic amines) is 1. The Morgan fingerprint density at radius 1 is 1.27 bits per heavy atom. The molecule has 1 unspecified atom stereocenters. The topological polar surface area (TPSA) is 95.9 Å². The largest absolute Gasteiger partial charge is 0.480 e. The van der Waals surface area contributed by atoms with Gasteiger partial charge in [0.2, 0.25) is 5.91 Å². The molecule has 0 bridgehead atoms. The molecule has 7 heteroatoms. The molecule has 0 aromatic heterocycles. The van der Waals surface area contributed by atoms with Crippen LogP contribution in [0, 0.1) is 5.41 Å². The Morgan fingerprint density at radius 3 is 2.50 bits per heavy atom. The molecule has 0 spiro atoms. The number of carbonyl (C=O) groups excluding carboxylic acids is 2. The zero-order valence-electron chi connectivity index (χ0n) is 15.4. The lowest BCUT2D eigenvalue weighted by Gasteiger charge is -2.34. The van der Waals surface area contributed by atoms with E-state index in [2.05, 4.69) is 5.32 Å². The number of ether oxygens (including phenoxy) is 1. The van der Waals surface area contributed by atoms with Crippen LogP contribution >= 0.6 is 0 Å². The van der Waals surface area contributed by atoms with E-state index >= 15 is 0 Å². The van der Waals surface area contributed by atoms with E-state index < -0.39 is 29.6 Å². The molecule has 2 N–H and O–H groups in total. The van der Waals surface area contributed by atoms with Crippen LogP contribution in [0.15, 0.2) is 30.3 Å². The van der Waals surface area contributed by atoms with Gasteiger partial charge >= 0.3 is 12.1 Å². The summed E-state index contributed by atoms with van der Waals surface area (Å²) in [6.45, 7) is 5.93. The maximum Gasteiger partial charge on any atom is 0.408 e. The molecule has 0 radical (unpaired) electrons. The van der Waals surface area contributed by atoms with Crippen LogP contribution in [-0.4, -0.2) is 46.6 Å². The van der Waals surface area contributed by atoms with Crippen molar-refractivity contribution in [1.29, 1.82) is 0 Å². The van der Waals surface area contributed by atoms with E-state index in [0.717, 1.165) is 5.56 Å². The molecule has 2 amide bonds. The average Bonchev–Trinajstić information content (AvgIpc) is 3.07. The zero-order valence-corrected chi connectivity index (χ0v) is 15.4. The van der Waals surface area contributed by atoms with E-state index in [1.54, 1.807) is 0 Å². The summed E-state index contributed by atoms with van der Waals surface area (Å²) in [4.78, 5) is 37.8. The number of carbonyl (C=O) groups is 3. The van der Waals surface area contributed by atoms with Gasteiger partial charge in [0.05, 0.1) is 0 Å². The van der Waals surface area contributed by atoms with Gasteiger partial charge in [0.1, 0.15) is 18.7 Å². The highest BCUT2D eigenvalue weighted by atomic mass is 16.5. The highest BCUT2D eigenvalue weighted by Crippen LogP contribution is 2.26. The number of rotatable bonds is 5. The summed E-state index contributed by atoms with van der Waals surface area (Å²) in [5, 5.41) is 11.9. The number of aliphatic carboxylic acids is 1. The Kier molecular flexibility index (Phi) is 6.23. The van der Waals surface area contributed by atoms with Crippen molar-refractivity contribution in [3.63, 3.8) is 0 Å². The molecule has 1 aromatic rings. The first-order valence-corrected chi connectivity index (χ1v) is 8.70. The standard InChI is InChI=1S/C19H26N2O5/c1-19(2,3)15(16(22)21-11-7-10-14(21)17(23)24)20-18(25)26-12-13-8-5-4-6-9-13/h4-6,8-9,14-15H,7,10-12H2,1-3H3,(H,20,25)(H,23,24)/t14-,15?/m0/s1. The molecular weight excluding hydrogens is 336 g/mol. The molecule has 1 aromatic carbocycles. The van der Waals surface area contributed by atoms with Crippen LogP contribution in [0.1, 0.15) is 39.2 Å². The molecule has 1 heterocycles. The molecule has 7 nitrogen and oxygen atoms in total. The lowest BCUT2D eigenvalue weighted by atomic mass is 9.85. The van der Waals surface area contributed by atoms with Crippen LogP contribution in [0.5, 0.6) is 0 Å². The van der Waals surface area contributed by atoms with Crippen LogP contribution in [0.25, 0.3) is 0 Å².